The van der Waals surface area contributed by atoms with Gasteiger partial charge in [-0.2, -0.15) is 0 Å². The normalized spacial score (nSPS) is 21.3. The first-order valence-electron chi connectivity index (χ1n) is 11.3. The lowest BCUT2D eigenvalue weighted by Gasteiger charge is -2.32. The van der Waals surface area contributed by atoms with Crippen LogP contribution in [0.5, 0.6) is 11.5 Å². The van der Waals surface area contributed by atoms with E-state index in [1.165, 1.54) is 6.42 Å². The second-order valence-electron chi connectivity index (χ2n) is 8.86. The Morgan fingerprint density at radius 1 is 1.20 bits per heavy atom. The van der Waals surface area contributed by atoms with Crippen molar-refractivity contribution in [2.75, 3.05) is 39.9 Å². The van der Waals surface area contributed by atoms with Crippen LogP contribution in [-0.4, -0.2) is 77.9 Å². The third kappa shape index (κ3) is 7.10. The molecule has 170 valence electrons. The van der Waals surface area contributed by atoms with Gasteiger partial charge in [0.25, 0.3) is 0 Å². The molecule has 0 aromatic heterocycles. The molecule has 0 amide bonds. The van der Waals surface area contributed by atoms with Crippen LogP contribution in [0.3, 0.4) is 0 Å². The maximum atomic E-state index is 10.7. The molecule has 1 aromatic carbocycles. The number of aliphatic hydroxyl groups excluding tert-OH is 2. The summed E-state index contributed by atoms with van der Waals surface area (Å²) in [5, 5.41) is 34.1. The van der Waals surface area contributed by atoms with E-state index in [9.17, 15) is 15.3 Å². The van der Waals surface area contributed by atoms with E-state index in [1.807, 2.05) is 18.2 Å². The maximum Gasteiger partial charge on any atom is 0.124 e. The van der Waals surface area contributed by atoms with E-state index in [0.29, 0.717) is 25.4 Å². The van der Waals surface area contributed by atoms with Gasteiger partial charge in [0.05, 0.1) is 18.8 Å². The predicted octanol–water partition coefficient (Wildman–Crippen LogP) is 1.68. The van der Waals surface area contributed by atoms with Crippen LogP contribution in [0.2, 0.25) is 0 Å². The number of likely N-dealkylation sites (tertiary alicyclic amines) is 1. The second kappa shape index (κ2) is 11.3. The summed E-state index contributed by atoms with van der Waals surface area (Å²) in [6.45, 7) is 3.49. The summed E-state index contributed by atoms with van der Waals surface area (Å²) in [4.78, 5) is 2.17. The summed E-state index contributed by atoms with van der Waals surface area (Å²) in [5.41, 5.74) is 0.332. The molecule has 0 unspecified atom stereocenters. The number of benzene rings is 1. The van der Waals surface area contributed by atoms with Gasteiger partial charge in [0.15, 0.2) is 0 Å². The smallest absolute Gasteiger partial charge is 0.124 e. The van der Waals surface area contributed by atoms with Gasteiger partial charge in [-0.25, -0.2) is 0 Å². The number of hydrogen-bond donors (Lipinski definition) is 4. The molecule has 1 heterocycles. The Bertz CT molecular complexity index is 642. The molecule has 2 aliphatic rings. The summed E-state index contributed by atoms with van der Waals surface area (Å²) in [5.74, 6) is 1.47. The highest BCUT2D eigenvalue weighted by Crippen LogP contribution is 2.28. The molecule has 1 saturated heterocycles. The second-order valence-corrected chi connectivity index (χ2v) is 8.86. The molecule has 0 bridgehead atoms. The van der Waals surface area contributed by atoms with Gasteiger partial charge in [0, 0.05) is 38.3 Å². The van der Waals surface area contributed by atoms with Crippen LogP contribution in [-0.2, 0) is 6.54 Å². The SMILES string of the molecule is COc1ccc(OC[C@@H](O)CN2CCC(O)CC2)c(CNCC2(O)CCCCC2)c1. The zero-order valence-electron chi connectivity index (χ0n) is 18.2. The van der Waals surface area contributed by atoms with E-state index in [0.717, 1.165) is 62.9 Å². The minimum absolute atomic E-state index is 0.211. The third-order valence-electron chi connectivity index (χ3n) is 6.28. The quantitative estimate of drug-likeness (QED) is 0.456. The standard InChI is InChI=1S/C23H38N2O5/c1-29-21-5-6-22(30-16-20(27)15-25-11-7-19(26)8-12-25)18(13-21)14-24-17-23(28)9-3-2-4-10-23/h5-6,13,19-20,24,26-28H,2-4,7-12,14-17H2,1H3/t20-/m0/s1. The highest BCUT2D eigenvalue weighted by Gasteiger charge is 2.28. The number of aliphatic hydroxyl groups is 3. The van der Waals surface area contributed by atoms with Gasteiger partial charge in [-0.05, 0) is 43.9 Å². The lowest BCUT2D eigenvalue weighted by molar-refractivity contribution is 0.00458. The van der Waals surface area contributed by atoms with Gasteiger partial charge in [-0.1, -0.05) is 19.3 Å². The van der Waals surface area contributed by atoms with Crippen molar-refractivity contribution >= 4 is 0 Å². The van der Waals surface area contributed by atoms with Crippen LogP contribution >= 0.6 is 0 Å². The van der Waals surface area contributed by atoms with Gasteiger partial charge in [-0.15, -0.1) is 0 Å². The molecule has 2 fully saturated rings. The summed E-state index contributed by atoms with van der Waals surface area (Å²) in [6.07, 6.45) is 5.78. The largest absolute Gasteiger partial charge is 0.497 e. The zero-order chi connectivity index (χ0) is 21.4. The Hall–Kier alpha value is -1.38. The average molecular weight is 423 g/mol. The number of piperidine rings is 1. The number of nitrogens with one attached hydrogen (secondary N) is 1. The predicted molar refractivity (Wildman–Crippen MR) is 116 cm³/mol. The topological polar surface area (TPSA) is 94.4 Å². The molecule has 0 radical (unpaired) electrons. The average Bonchev–Trinajstić information content (AvgIpc) is 2.75. The van der Waals surface area contributed by atoms with Crippen LogP contribution in [0.1, 0.15) is 50.5 Å². The molecule has 1 aliphatic heterocycles. The van der Waals surface area contributed by atoms with Crippen molar-refractivity contribution in [1.29, 1.82) is 0 Å². The summed E-state index contributed by atoms with van der Waals surface area (Å²) >= 11 is 0. The first-order chi connectivity index (χ1) is 14.5. The lowest BCUT2D eigenvalue weighted by Crippen LogP contribution is -2.42. The van der Waals surface area contributed by atoms with Crippen molar-refractivity contribution in [1.82, 2.24) is 10.2 Å². The molecule has 7 nitrogen and oxygen atoms in total. The fraction of sp³-hybridized carbons (Fsp3) is 0.739. The number of nitrogens with zero attached hydrogens (tertiary/aromatic N) is 1. The number of rotatable bonds is 10. The molecule has 1 saturated carbocycles. The molecule has 7 heteroatoms. The summed E-state index contributed by atoms with van der Waals surface area (Å²) in [7, 11) is 1.64. The van der Waals surface area contributed by atoms with E-state index in [-0.39, 0.29) is 12.7 Å². The fourth-order valence-corrected chi connectivity index (χ4v) is 4.42. The van der Waals surface area contributed by atoms with E-state index in [4.69, 9.17) is 9.47 Å². The van der Waals surface area contributed by atoms with Gasteiger partial charge in [0.1, 0.15) is 24.2 Å². The van der Waals surface area contributed by atoms with Crippen molar-refractivity contribution in [2.45, 2.75) is 69.3 Å². The van der Waals surface area contributed by atoms with Crippen LogP contribution in [0.4, 0.5) is 0 Å². The van der Waals surface area contributed by atoms with Crippen LogP contribution in [0, 0.1) is 0 Å². The molecule has 30 heavy (non-hydrogen) atoms. The van der Waals surface area contributed by atoms with Crippen LogP contribution < -0.4 is 14.8 Å². The maximum absolute atomic E-state index is 10.7. The minimum Gasteiger partial charge on any atom is -0.497 e. The number of methoxy groups -OCH3 is 1. The van der Waals surface area contributed by atoms with Crippen LogP contribution in [0.25, 0.3) is 0 Å². The van der Waals surface area contributed by atoms with Gasteiger partial charge in [0.2, 0.25) is 0 Å². The number of hydrogen-bond acceptors (Lipinski definition) is 7. The monoisotopic (exact) mass is 422 g/mol. The first kappa shape index (κ1) is 23.3. The number of ether oxygens (including phenoxy) is 2. The van der Waals surface area contributed by atoms with Crippen molar-refractivity contribution in [3.63, 3.8) is 0 Å². The van der Waals surface area contributed by atoms with E-state index >= 15 is 0 Å². The first-order valence-corrected chi connectivity index (χ1v) is 11.3. The Kier molecular flexibility index (Phi) is 8.77. The van der Waals surface area contributed by atoms with Gasteiger partial charge < -0.3 is 35.0 Å². The van der Waals surface area contributed by atoms with Gasteiger partial charge >= 0.3 is 0 Å². The van der Waals surface area contributed by atoms with Crippen LogP contribution in [0.15, 0.2) is 18.2 Å². The fourth-order valence-electron chi connectivity index (χ4n) is 4.42. The van der Waals surface area contributed by atoms with E-state index in [2.05, 4.69) is 10.2 Å². The molecule has 4 N–H and O–H groups in total. The Balaban J connectivity index is 1.50. The summed E-state index contributed by atoms with van der Waals surface area (Å²) < 4.78 is 11.3. The van der Waals surface area contributed by atoms with Crippen molar-refractivity contribution in [2.24, 2.45) is 0 Å². The lowest BCUT2D eigenvalue weighted by atomic mass is 9.85. The van der Waals surface area contributed by atoms with E-state index < -0.39 is 11.7 Å². The molecule has 1 aromatic rings. The number of β-amino-alcohol motifs (C(OH)–C–C–N with tert-alkyl or cyclic N) is 1. The molecule has 3 rings (SSSR count). The van der Waals surface area contributed by atoms with E-state index in [1.54, 1.807) is 7.11 Å². The minimum atomic E-state index is -0.615. The third-order valence-corrected chi connectivity index (χ3v) is 6.28. The molecule has 1 atom stereocenters. The Morgan fingerprint density at radius 2 is 1.93 bits per heavy atom. The zero-order valence-corrected chi connectivity index (χ0v) is 18.2. The molecular weight excluding hydrogens is 384 g/mol. The highest BCUT2D eigenvalue weighted by atomic mass is 16.5. The van der Waals surface area contributed by atoms with Crippen molar-refractivity contribution in [3.8, 4) is 11.5 Å². The molecular formula is C23H38N2O5. The Labute approximate surface area is 180 Å². The Morgan fingerprint density at radius 3 is 2.63 bits per heavy atom. The molecule has 0 spiro atoms. The van der Waals surface area contributed by atoms with Crippen molar-refractivity contribution in [3.05, 3.63) is 23.8 Å². The van der Waals surface area contributed by atoms with Crippen molar-refractivity contribution < 1.29 is 24.8 Å². The van der Waals surface area contributed by atoms with Gasteiger partial charge in [-0.3, -0.25) is 0 Å². The highest BCUT2D eigenvalue weighted by molar-refractivity contribution is 5.40. The summed E-state index contributed by atoms with van der Waals surface area (Å²) in [6, 6.07) is 5.66. The molecule has 1 aliphatic carbocycles.